The van der Waals surface area contributed by atoms with Crippen LogP contribution in [0.3, 0.4) is 0 Å². The van der Waals surface area contributed by atoms with E-state index in [1.54, 1.807) is 41.3 Å². The average Bonchev–Trinajstić information content (AvgIpc) is 3.26. The molecule has 0 N–H and O–H groups in total. The fraction of sp³-hybridized carbons (Fsp3) is 0.278. The molecule has 3 heterocycles. The second kappa shape index (κ2) is 8.27. The fourth-order valence-corrected chi connectivity index (χ4v) is 5.28. The molecular weight excluding hydrogens is 437 g/mol. The Morgan fingerprint density at radius 1 is 1.07 bits per heavy atom. The van der Waals surface area contributed by atoms with Crippen molar-refractivity contribution in [2.45, 2.75) is 23.8 Å². The van der Waals surface area contributed by atoms with Crippen molar-refractivity contribution in [1.82, 2.24) is 24.3 Å². The molecule has 8 nitrogen and oxygen atoms in total. The number of benzene rings is 1. The lowest BCUT2D eigenvalue weighted by Gasteiger charge is -2.31. The second-order valence-electron chi connectivity index (χ2n) is 6.48. The molecule has 0 amide bonds. The molecule has 1 fully saturated rings. The summed E-state index contributed by atoms with van der Waals surface area (Å²) in [6.07, 6.45) is 4.33. The van der Waals surface area contributed by atoms with E-state index in [1.807, 2.05) is 0 Å². The fourth-order valence-electron chi connectivity index (χ4n) is 3.08. The zero-order valence-electron chi connectivity index (χ0n) is 15.1. The van der Waals surface area contributed by atoms with Crippen molar-refractivity contribution in [3.63, 3.8) is 0 Å². The van der Waals surface area contributed by atoms with Crippen LogP contribution in [0.4, 0.5) is 0 Å². The van der Waals surface area contributed by atoms with E-state index in [-0.39, 0.29) is 16.0 Å². The Hall–Kier alpha value is -2.20. The molecule has 0 radical (unpaired) electrons. The summed E-state index contributed by atoms with van der Waals surface area (Å²) >= 11 is 12.0. The number of nitrogens with zero attached hydrogens (tertiary/aromatic N) is 5. The van der Waals surface area contributed by atoms with Gasteiger partial charge in [0, 0.05) is 36.6 Å². The van der Waals surface area contributed by atoms with Crippen molar-refractivity contribution in [2.24, 2.45) is 0 Å². The van der Waals surface area contributed by atoms with E-state index >= 15 is 0 Å². The maximum absolute atomic E-state index is 12.9. The first-order valence-corrected chi connectivity index (χ1v) is 11.1. The second-order valence-corrected chi connectivity index (χ2v) is 9.23. The summed E-state index contributed by atoms with van der Waals surface area (Å²) in [7, 11) is -3.72. The Balaban J connectivity index is 1.38. The summed E-state index contributed by atoms with van der Waals surface area (Å²) < 4.78 is 34.6. The van der Waals surface area contributed by atoms with Crippen molar-refractivity contribution >= 4 is 33.2 Å². The third-order valence-electron chi connectivity index (χ3n) is 4.56. The molecule has 3 aromatic rings. The number of hydrogen-bond donors (Lipinski definition) is 0. The van der Waals surface area contributed by atoms with Gasteiger partial charge in [0.25, 0.3) is 0 Å². The van der Waals surface area contributed by atoms with Gasteiger partial charge in [0.15, 0.2) is 5.82 Å². The highest BCUT2D eigenvalue weighted by Crippen LogP contribution is 2.29. The molecule has 0 saturated carbocycles. The molecule has 0 atom stereocenters. The standard InChI is InChI=1S/C18H17Cl2N5O3S/c19-13-2-3-15(20)16(12-13)29(26,27)24-10-6-14(7-11-24)28-18-5-4-17(22-23-18)25-9-1-8-21-25/h1-5,8-9,12,14H,6-7,10-11H2. The predicted octanol–water partition coefficient (Wildman–Crippen LogP) is 3.20. The zero-order chi connectivity index (χ0) is 20.4. The lowest BCUT2D eigenvalue weighted by molar-refractivity contribution is 0.128. The Labute approximate surface area is 178 Å². The van der Waals surface area contributed by atoms with E-state index in [4.69, 9.17) is 27.9 Å². The van der Waals surface area contributed by atoms with Crippen LogP contribution in [0, 0.1) is 0 Å². The topological polar surface area (TPSA) is 90.2 Å². The number of sulfonamides is 1. The number of hydrogen-bond acceptors (Lipinski definition) is 6. The monoisotopic (exact) mass is 453 g/mol. The van der Waals surface area contributed by atoms with Gasteiger partial charge in [0.1, 0.15) is 11.0 Å². The van der Waals surface area contributed by atoms with E-state index < -0.39 is 10.0 Å². The summed E-state index contributed by atoms with van der Waals surface area (Å²) in [5.41, 5.74) is 0. The van der Waals surface area contributed by atoms with Crippen molar-refractivity contribution in [3.05, 3.63) is 58.8 Å². The highest BCUT2D eigenvalue weighted by atomic mass is 35.5. The smallest absolute Gasteiger partial charge is 0.244 e. The first-order valence-electron chi connectivity index (χ1n) is 8.89. The molecule has 1 saturated heterocycles. The van der Waals surface area contributed by atoms with Crippen LogP contribution < -0.4 is 4.74 Å². The minimum absolute atomic E-state index is 0.0195. The number of aromatic nitrogens is 4. The molecule has 0 spiro atoms. The maximum Gasteiger partial charge on any atom is 0.244 e. The van der Waals surface area contributed by atoms with Crippen LogP contribution in [-0.4, -0.2) is 51.9 Å². The van der Waals surface area contributed by atoms with Crippen LogP contribution in [0.25, 0.3) is 5.82 Å². The van der Waals surface area contributed by atoms with Crippen LogP contribution in [0.2, 0.25) is 10.0 Å². The molecular formula is C18H17Cl2N5O3S. The third-order valence-corrected chi connectivity index (χ3v) is 7.18. The molecule has 4 rings (SSSR count). The summed E-state index contributed by atoms with van der Waals surface area (Å²) in [6.45, 7) is 0.628. The molecule has 2 aromatic heterocycles. The van der Waals surface area contributed by atoms with Gasteiger partial charge in [-0.1, -0.05) is 23.2 Å². The van der Waals surface area contributed by atoms with Gasteiger partial charge in [-0.05, 0) is 43.2 Å². The van der Waals surface area contributed by atoms with Crippen molar-refractivity contribution in [2.75, 3.05) is 13.1 Å². The van der Waals surface area contributed by atoms with Gasteiger partial charge < -0.3 is 4.74 Å². The third kappa shape index (κ3) is 4.37. The molecule has 0 aliphatic carbocycles. The number of ether oxygens (including phenoxy) is 1. The Morgan fingerprint density at radius 3 is 2.52 bits per heavy atom. The van der Waals surface area contributed by atoms with Gasteiger partial charge in [0.2, 0.25) is 15.9 Å². The van der Waals surface area contributed by atoms with Crippen molar-refractivity contribution in [3.8, 4) is 11.7 Å². The van der Waals surface area contributed by atoms with E-state index in [9.17, 15) is 8.42 Å². The van der Waals surface area contributed by atoms with Crippen molar-refractivity contribution in [1.29, 1.82) is 0 Å². The lowest BCUT2D eigenvalue weighted by Crippen LogP contribution is -2.41. The Kier molecular flexibility index (Phi) is 5.73. The molecule has 1 aliphatic rings. The van der Waals surface area contributed by atoms with E-state index in [0.29, 0.717) is 42.7 Å². The van der Waals surface area contributed by atoms with E-state index in [1.165, 1.54) is 16.4 Å². The molecule has 0 unspecified atom stereocenters. The zero-order valence-corrected chi connectivity index (χ0v) is 17.5. The summed E-state index contributed by atoms with van der Waals surface area (Å²) in [6, 6.07) is 9.69. The van der Waals surface area contributed by atoms with Gasteiger partial charge in [-0.15, -0.1) is 10.2 Å². The number of piperidine rings is 1. The number of halogens is 2. The van der Waals surface area contributed by atoms with Gasteiger partial charge in [-0.2, -0.15) is 9.40 Å². The molecule has 152 valence electrons. The van der Waals surface area contributed by atoms with Crippen LogP contribution in [-0.2, 0) is 10.0 Å². The van der Waals surface area contributed by atoms with Gasteiger partial charge in [-0.3, -0.25) is 0 Å². The largest absolute Gasteiger partial charge is 0.473 e. The van der Waals surface area contributed by atoms with Crippen LogP contribution in [0.1, 0.15) is 12.8 Å². The van der Waals surface area contributed by atoms with Crippen LogP contribution >= 0.6 is 23.2 Å². The van der Waals surface area contributed by atoms with Gasteiger partial charge >= 0.3 is 0 Å². The van der Waals surface area contributed by atoms with E-state index in [0.717, 1.165) is 0 Å². The minimum Gasteiger partial charge on any atom is -0.473 e. The number of rotatable bonds is 5. The molecule has 0 bridgehead atoms. The maximum atomic E-state index is 12.9. The SMILES string of the molecule is O=S(=O)(c1cc(Cl)ccc1Cl)N1CCC(Oc2ccc(-n3cccn3)nn2)CC1. The predicted molar refractivity (Wildman–Crippen MR) is 108 cm³/mol. The average molecular weight is 454 g/mol. The van der Waals surface area contributed by atoms with Crippen LogP contribution in [0.5, 0.6) is 5.88 Å². The summed E-state index contributed by atoms with van der Waals surface area (Å²) in [4.78, 5) is 0.0195. The molecule has 29 heavy (non-hydrogen) atoms. The summed E-state index contributed by atoms with van der Waals surface area (Å²) in [5, 5.41) is 12.7. The molecule has 1 aliphatic heterocycles. The molecule has 11 heteroatoms. The lowest BCUT2D eigenvalue weighted by atomic mass is 10.1. The van der Waals surface area contributed by atoms with Gasteiger partial charge in [0.05, 0.1) is 5.02 Å². The first kappa shape index (κ1) is 20.1. The van der Waals surface area contributed by atoms with Crippen molar-refractivity contribution < 1.29 is 13.2 Å². The highest BCUT2D eigenvalue weighted by Gasteiger charge is 2.31. The highest BCUT2D eigenvalue weighted by molar-refractivity contribution is 7.89. The Bertz CT molecular complexity index is 1080. The molecule has 1 aromatic carbocycles. The van der Waals surface area contributed by atoms with Gasteiger partial charge in [-0.25, -0.2) is 13.1 Å². The van der Waals surface area contributed by atoms with Crippen LogP contribution in [0.15, 0.2) is 53.7 Å². The normalized spacial score (nSPS) is 16.1. The Morgan fingerprint density at radius 2 is 1.86 bits per heavy atom. The minimum atomic E-state index is -3.72. The van der Waals surface area contributed by atoms with E-state index in [2.05, 4.69) is 15.3 Å². The summed E-state index contributed by atoms with van der Waals surface area (Å²) in [5.74, 6) is 0.974. The quantitative estimate of drug-likeness (QED) is 0.588. The first-order chi connectivity index (χ1) is 13.9.